The first kappa shape index (κ1) is 13.8. The molecule has 2 rings (SSSR count). The van der Waals surface area contributed by atoms with Gasteiger partial charge in [-0.25, -0.2) is 0 Å². The van der Waals surface area contributed by atoms with Gasteiger partial charge < -0.3 is 15.0 Å². The molecule has 1 heterocycles. The van der Waals surface area contributed by atoms with Crippen LogP contribution in [0.4, 0.5) is 0 Å². The summed E-state index contributed by atoms with van der Waals surface area (Å²) in [6.07, 6.45) is 0.933. The average Bonchev–Trinajstić information content (AvgIpc) is 2.42. The van der Waals surface area contributed by atoms with Crippen LogP contribution >= 0.6 is 0 Å². The second kappa shape index (κ2) is 6.50. The molecule has 4 nitrogen and oxygen atoms in total. The Bertz CT molecular complexity index is 592. The maximum Gasteiger partial charge on any atom is 0.252 e. The van der Waals surface area contributed by atoms with E-state index in [1.165, 1.54) is 0 Å². The fourth-order valence-electron chi connectivity index (χ4n) is 2.00. The number of ether oxygens (including phenoxy) is 1. The maximum absolute atomic E-state index is 11.9. The zero-order chi connectivity index (χ0) is 13.7. The fraction of sp³-hybridized carbons (Fsp3) is 0.400. The van der Waals surface area contributed by atoms with Crippen LogP contribution in [0.25, 0.3) is 10.9 Å². The summed E-state index contributed by atoms with van der Waals surface area (Å²) in [4.78, 5) is 14.8. The van der Waals surface area contributed by atoms with E-state index in [0.29, 0.717) is 12.6 Å². The molecule has 0 aliphatic heterocycles. The third-order valence-electron chi connectivity index (χ3n) is 3.23. The highest BCUT2D eigenvalue weighted by atomic mass is 16.5. The zero-order valence-corrected chi connectivity index (χ0v) is 11.4. The lowest BCUT2D eigenvalue weighted by molar-refractivity contribution is 0.184. The number of fused-ring (bicyclic) bond motifs is 1. The second-order valence-corrected chi connectivity index (χ2v) is 4.77. The number of para-hydroxylation sites is 1. The number of aromatic amines is 1. The van der Waals surface area contributed by atoms with Crippen molar-refractivity contribution in [3.63, 3.8) is 0 Å². The van der Waals surface area contributed by atoms with Crippen molar-refractivity contribution in [2.75, 3.05) is 13.7 Å². The Morgan fingerprint density at radius 2 is 2.16 bits per heavy atom. The van der Waals surface area contributed by atoms with Gasteiger partial charge in [-0.1, -0.05) is 18.2 Å². The van der Waals surface area contributed by atoms with Crippen molar-refractivity contribution in [3.8, 4) is 0 Å². The number of nitrogens with one attached hydrogen (secondary N) is 2. The van der Waals surface area contributed by atoms with Crippen molar-refractivity contribution in [1.29, 1.82) is 0 Å². The Hall–Kier alpha value is -1.65. The summed E-state index contributed by atoms with van der Waals surface area (Å²) in [5.74, 6) is 0. The lowest BCUT2D eigenvalue weighted by Gasteiger charge is -2.13. The van der Waals surface area contributed by atoms with Crippen LogP contribution in [0, 0.1) is 0 Å². The molecule has 1 unspecified atom stereocenters. The molecule has 2 aromatic rings. The summed E-state index contributed by atoms with van der Waals surface area (Å²) in [5, 5.41) is 4.40. The summed E-state index contributed by atoms with van der Waals surface area (Å²) >= 11 is 0. The molecule has 2 N–H and O–H groups in total. The SMILES string of the molecule is COCCC(C)NCc1cc2ccccc2[nH]c1=O. The second-order valence-electron chi connectivity index (χ2n) is 4.77. The van der Waals surface area contributed by atoms with Crippen molar-refractivity contribution in [2.24, 2.45) is 0 Å². The minimum absolute atomic E-state index is 0.0230. The van der Waals surface area contributed by atoms with Gasteiger partial charge in [0.05, 0.1) is 0 Å². The van der Waals surface area contributed by atoms with Crippen LogP contribution in [0.3, 0.4) is 0 Å². The van der Waals surface area contributed by atoms with Crippen molar-refractivity contribution in [2.45, 2.75) is 25.9 Å². The van der Waals surface area contributed by atoms with E-state index in [-0.39, 0.29) is 5.56 Å². The van der Waals surface area contributed by atoms with E-state index < -0.39 is 0 Å². The molecule has 102 valence electrons. The molecular weight excluding hydrogens is 240 g/mol. The van der Waals surface area contributed by atoms with Crippen LogP contribution in [0.15, 0.2) is 35.1 Å². The lowest BCUT2D eigenvalue weighted by atomic mass is 10.1. The molecule has 1 aromatic carbocycles. The van der Waals surface area contributed by atoms with Gasteiger partial charge in [-0.3, -0.25) is 4.79 Å². The predicted molar refractivity (Wildman–Crippen MR) is 77.4 cm³/mol. The Labute approximate surface area is 112 Å². The third kappa shape index (κ3) is 3.66. The number of aromatic nitrogens is 1. The number of hydrogen-bond acceptors (Lipinski definition) is 3. The Balaban J connectivity index is 2.08. The van der Waals surface area contributed by atoms with Crippen LogP contribution in [-0.2, 0) is 11.3 Å². The number of pyridine rings is 1. The van der Waals surface area contributed by atoms with Gasteiger partial charge in [0, 0.05) is 37.4 Å². The van der Waals surface area contributed by atoms with Gasteiger partial charge in [-0.15, -0.1) is 0 Å². The molecule has 0 aliphatic carbocycles. The summed E-state index contributed by atoms with van der Waals surface area (Å²) in [7, 11) is 1.70. The van der Waals surface area contributed by atoms with Crippen LogP contribution in [-0.4, -0.2) is 24.7 Å². The summed E-state index contributed by atoms with van der Waals surface area (Å²) in [6, 6.07) is 10.1. The first-order valence-electron chi connectivity index (χ1n) is 6.54. The average molecular weight is 260 g/mol. The maximum atomic E-state index is 11.9. The lowest BCUT2D eigenvalue weighted by Crippen LogP contribution is -2.29. The molecule has 0 bridgehead atoms. The third-order valence-corrected chi connectivity index (χ3v) is 3.23. The molecule has 1 aromatic heterocycles. The molecule has 0 amide bonds. The van der Waals surface area contributed by atoms with Gasteiger partial charge in [0.25, 0.3) is 5.56 Å². The molecule has 0 aliphatic rings. The molecule has 0 saturated carbocycles. The first-order chi connectivity index (χ1) is 9.20. The van der Waals surface area contributed by atoms with Gasteiger partial charge in [0.2, 0.25) is 0 Å². The molecule has 4 heteroatoms. The van der Waals surface area contributed by atoms with Crippen molar-refractivity contribution in [3.05, 3.63) is 46.2 Å². The van der Waals surface area contributed by atoms with Gasteiger partial charge in [0.15, 0.2) is 0 Å². The van der Waals surface area contributed by atoms with Gasteiger partial charge in [-0.05, 0) is 30.9 Å². The van der Waals surface area contributed by atoms with Crippen molar-refractivity contribution < 1.29 is 4.74 Å². The number of methoxy groups -OCH3 is 1. The normalized spacial score (nSPS) is 12.7. The van der Waals surface area contributed by atoms with Crippen LogP contribution < -0.4 is 10.9 Å². The molecule has 1 atom stereocenters. The highest BCUT2D eigenvalue weighted by Gasteiger charge is 2.05. The smallest absolute Gasteiger partial charge is 0.252 e. The van der Waals surface area contributed by atoms with E-state index in [0.717, 1.165) is 29.5 Å². The first-order valence-corrected chi connectivity index (χ1v) is 6.54. The largest absolute Gasteiger partial charge is 0.385 e. The zero-order valence-electron chi connectivity index (χ0n) is 11.4. The van der Waals surface area contributed by atoms with E-state index in [4.69, 9.17) is 4.74 Å². The quantitative estimate of drug-likeness (QED) is 0.835. The minimum Gasteiger partial charge on any atom is -0.385 e. The van der Waals surface area contributed by atoms with E-state index in [1.807, 2.05) is 30.3 Å². The molecule has 19 heavy (non-hydrogen) atoms. The fourth-order valence-corrected chi connectivity index (χ4v) is 2.00. The van der Waals surface area contributed by atoms with Crippen molar-refractivity contribution >= 4 is 10.9 Å². The summed E-state index contributed by atoms with van der Waals surface area (Å²) in [5.41, 5.74) is 1.62. The van der Waals surface area contributed by atoms with Crippen LogP contribution in [0.1, 0.15) is 18.9 Å². The van der Waals surface area contributed by atoms with E-state index in [9.17, 15) is 4.79 Å². The number of benzene rings is 1. The topological polar surface area (TPSA) is 54.1 Å². The molecule has 0 radical (unpaired) electrons. The molecule has 0 saturated heterocycles. The molecule has 0 fully saturated rings. The number of H-pyrrole nitrogens is 1. The summed E-state index contributed by atoms with van der Waals surface area (Å²) < 4.78 is 5.04. The van der Waals surface area contributed by atoms with Gasteiger partial charge in [0.1, 0.15) is 0 Å². The van der Waals surface area contributed by atoms with Crippen molar-refractivity contribution in [1.82, 2.24) is 10.3 Å². The van der Waals surface area contributed by atoms with Gasteiger partial charge in [-0.2, -0.15) is 0 Å². The van der Waals surface area contributed by atoms with Crippen LogP contribution in [0.5, 0.6) is 0 Å². The minimum atomic E-state index is -0.0230. The number of rotatable bonds is 6. The number of hydrogen-bond donors (Lipinski definition) is 2. The van der Waals surface area contributed by atoms with E-state index >= 15 is 0 Å². The monoisotopic (exact) mass is 260 g/mol. The highest BCUT2D eigenvalue weighted by molar-refractivity contribution is 5.78. The standard InChI is InChI=1S/C15H20N2O2/c1-11(7-8-19-2)16-10-13-9-12-5-3-4-6-14(12)17-15(13)18/h3-6,9,11,16H,7-8,10H2,1-2H3,(H,17,18). The van der Waals surface area contributed by atoms with Crippen LogP contribution in [0.2, 0.25) is 0 Å². The molecular formula is C15H20N2O2. The predicted octanol–water partition coefficient (Wildman–Crippen LogP) is 2.04. The Kier molecular flexibility index (Phi) is 4.71. The Morgan fingerprint density at radius 3 is 2.95 bits per heavy atom. The molecule has 0 spiro atoms. The van der Waals surface area contributed by atoms with E-state index in [2.05, 4.69) is 17.2 Å². The highest BCUT2D eigenvalue weighted by Crippen LogP contribution is 2.10. The van der Waals surface area contributed by atoms with Gasteiger partial charge >= 0.3 is 0 Å². The van der Waals surface area contributed by atoms with E-state index in [1.54, 1.807) is 7.11 Å². The summed E-state index contributed by atoms with van der Waals surface area (Å²) in [6.45, 7) is 3.39. The Morgan fingerprint density at radius 1 is 1.37 bits per heavy atom.